The number of thioether (sulfide) groups is 1. The van der Waals surface area contributed by atoms with Crippen LogP contribution in [-0.4, -0.2) is 33.5 Å². The topological polar surface area (TPSA) is 64.4 Å². The van der Waals surface area contributed by atoms with E-state index in [2.05, 4.69) is 4.98 Å². The molecule has 2 rings (SSSR count). The molecule has 1 N–H and O–H groups in total. The Morgan fingerprint density at radius 1 is 1.55 bits per heavy atom. The zero-order valence-electron chi connectivity index (χ0n) is 11.0. The van der Waals surface area contributed by atoms with Crippen molar-refractivity contribution >= 4 is 29.3 Å². The van der Waals surface area contributed by atoms with Crippen LogP contribution in [0.5, 0.6) is 5.75 Å². The van der Waals surface area contributed by atoms with Crippen LogP contribution in [-0.2, 0) is 4.79 Å². The summed E-state index contributed by atoms with van der Waals surface area (Å²) in [7, 11) is 1.58. The molecule has 1 aromatic carbocycles. The van der Waals surface area contributed by atoms with E-state index in [0.717, 1.165) is 17.5 Å². The number of carboxylic acid groups (broad SMARTS) is 1. The summed E-state index contributed by atoms with van der Waals surface area (Å²) < 4.78 is 7.01. The monoisotopic (exact) mass is 312 g/mol. The van der Waals surface area contributed by atoms with Gasteiger partial charge in [-0.1, -0.05) is 23.4 Å². The van der Waals surface area contributed by atoms with Crippen molar-refractivity contribution in [1.82, 2.24) is 9.55 Å². The first-order valence-electron chi connectivity index (χ1n) is 5.75. The van der Waals surface area contributed by atoms with Crippen LogP contribution in [0.4, 0.5) is 0 Å². The van der Waals surface area contributed by atoms with Crippen LogP contribution < -0.4 is 4.74 Å². The second-order valence-electron chi connectivity index (χ2n) is 4.02. The fraction of sp³-hybridized carbons (Fsp3) is 0.231. The first-order valence-corrected chi connectivity index (χ1v) is 7.12. The molecule has 0 saturated carbocycles. The number of methoxy groups -OCH3 is 1. The molecule has 1 aromatic heterocycles. The maximum Gasteiger partial charge on any atom is 0.313 e. The molecular formula is C13H13ClN2O3S. The highest BCUT2D eigenvalue weighted by Crippen LogP contribution is 2.30. The van der Waals surface area contributed by atoms with E-state index in [1.165, 1.54) is 0 Å². The fourth-order valence-corrected chi connectivity index (χ4v) is 2.68. The van der Waals surface area contributed by atoms with Crippen molar-refractivity contribution in [2.24, 2.45) is 0 Å². The Labute approximate surface area is 125 Å². The zero-order valence-corrected chi connectivity index (χ0v) is 12.5. The minimum Gasteiger partial charge on any atom is -0.497 e. The van der Waals surface area contributed by atoms with Crippen molar-refractivity contribution in [3.63, 3.8) is 0 Å². The van der Waals surface area contributed by atoms with Crippen LogP contribution in [0.2, 0.25) is 5.02 Å². The number of carboxylic acids is 1. The third kappa shape index (κ3) is 3.08. The van der Waals surface area contributed by atoms with Crippen molar-refractivity contribution in [3.05, 3.63) is 35.1 Å². The molecule has 7 heteroatoms. The molecule has 106 valence electrons. The van der Waals surface area contributed by atoms with Gasteiger partial charge in [-0.25, -0.2) is 4.98 Å². The second kappa shape index (κ2) is 6.19. The molecule has 0 atom stereocenters. The molecule has 0 unspecified atom stereocenters. The highest BCUT2D eigenvalue weighted by atomic mass is 35.5. The van der Waals surface area contributed by atoms with Gasteiger partial charge in [-0.15, -0.1) is 0 Å². The van der Waals surface area contributed by atoms with Crippen LogP contribution in [0.25, 0.3) is 5.69 Å². The maximum atomic E-state index is 10.7. The number of hydrogen-bond donors (Lipinski definition) is 1. The van der Waals surface area contributed by atoms with Gasteiger partial charge in [-0.3, -0.25) is 9.36 Å². The van der Waals surface area contributed by atoms with Gasteiger partial charge in [0.05, 0.1) is 23.6 Å². The van der Waals surface area contributed by atoms with Crippen LogP contribution in [0.1, 0.15) is 5.69 Å². The number of ether oxygens (including phenoxy) is 1. The van der Waals surface area contributed by atoms with Crippen molar-refractivity contribution in [1.29, 1.82) is 0 Å². The van der Waals surface area contributed by atoms with Crippen LogP contribution in [0.3, 0.4) is 0 Å². The molecule has 0 aliphatic rings. The predicted octanol–water partition coefficient (Wildman–Crippen LogP) is 3.02. The summed E-state index contributed by atoms with van der Waals surface area (Å²) in [6.45, 7) is 1.88. The van der Waals surface area contributed by atoms with E-state index >= 15 is 0 Å². The van der Waals surface area contributed by atoms with Crippen LogP contribution >= 0.6 is 23.4 Å². The van der Waals surface area contributed by atoms with Gasteiger partial charge in [-0.2, -0.15) is 0 Å². The number of aromatic nitrogens is 2. The van der Waals surface area contributed by atoms with Gasteiger partial charge < -0.3 is 9.84 Å². The number of benzene rings is 1. The minimum atomic E-state index is -0.890. The highest BCUT2D eigenvalue weighted by molar-refractivity contribution is 7.99. The lowest BCUT2D eigenvalue weighted by atomic mass is 10.3. The molecule has 0 aliphatic heterocycles. The quantitative estimate of drug-likeness (QED) is 0.860. The van der Waals surface area contributed by atoms with E-state index in [1.807, 2.05) is 11.5 Å². The molecule has 0 spiro atoms. The zero-order chi connectivity index (χ0) is 14.7. The molecule has 1 heterocycles. The lowest BCUT2D eigenvalue weighted by Crippen LogP contribution is -2.03. The molecule has 0 saturated heterocycles. The standard InChI is InChI=1S/C13H13ClN2O3S/c1-8-6-15-13(20-7-12(17)18)16(8)11-5-9(19-2)3-4-10(11)14/h3-6H,7H2,1-2H3,(H,17,18). The van der Waals surface area contributed by atoms with Crippen molar-refractivity contribution in [3.8, 4) is 11.4 Å². The SMILES string of the molecule is COc1ccc(Cl)c(-n2c(C)cnc2SCC(=O)O)c1. The van der Waals surface area contributed by atoms with Crippen LogP contribution in [0.15, 0.2) is 29.6 Å². The Balaban J connectivity index is 2.46. The number of aliphatic carboxylic acids is 1. The van der Waals surface area contributed by atoms with Gasteiger partial charge in [0.25, 0.3) is 0 Å². The summed E-state index contributed by atoms with van der Waals surface area (Å²) in [5.41, 5.74) is 1.59. The van der Waals surface area contributed by atoms with Crippen molar-refractivity contribution in [2.75, 3.05) is 12.9 Å². The third-order valence-electron chi connectivity index (χ3n) is 2.62. The molecule has 5 nitrogen and oxygen atoms in total. The third-order valence-corrected chi connectivity index (χ3v) is 3.88. The molecule has 0 radical (unpaired) electrons. The number of nitrogens with zero attached hydrogens (tertiary/aromatic N) is 2. The number of carbonyl (C=O) groups is 1. The number of hydrogen-bond acceptors (Lipinski definition) is 4. The van der Waals surface area contributed by atoms with E-state index in [0.29, 0.717) is 21.6 Å². The first-order chi connectivity index (χ1) is 9.52. The Bertz CT molecular complexity index is 643. The average Bonchev–Trinajstić information content (AvgIpc) is 2.78. The molecule has 20 heavy (non-hydrogen) atoms. The first kappa shape index (κ1) is 14.7. The number of halogens is 1. The summed E-state index contributed by atoms with van der Waals surface area (Å²) in [6.07, 6.45) is 1.68. The van der Waals surface area contributed by atoms with Gasteiger partial charge >= 0.3 is 5.97 Å². The second-order valence-corrected chi connectivity index (χ2v) is 5.37. The Morgan fingerprint density at radius 3 is 2.95 bits per heavy atom. The van der Waals surface area contributed by atoms with E-state index in [1.54, 1.807) is 31.5 Å². The maximum absolute atomic E-state index is 10.7. The van der Waals surface area contributed by atoms with E-state index in [9.17, 15) is 4.79 Å². The summed E-state index contributed by atoms with van der Waals surface area (Å²) in [4.78, 5) is 14.9. The number of aryl methyl sites for hydroxylation is 1. The average molecular weight is 313 g/mol. The lowest BCUT2D eigenvalue weighted by Gasteiger charge is -2.12. The summed E-state index contributed by atoms with van der Waals surface area (Å²) in [6, 6.07) is 5.30. The minimum absolute atomic E-state index is 0.0575. The summed E-state index contributed by atoms with van der Waals surface area (Å²) >= 11 is 7.37. The molecule has 0 aliphatic carbocycles. The normalized spacial score (nSPS) is 10.6. The van der Waals surface area contributed by atoms with Crippen molar-refractivity contribution < 1.29 is 14.6 Å². The van der Waals surface area contributed by atoms with Gasteiger partial charge in [0.1, 0.15) is 5.75 Å². The highest BCUT2D eigenvalue weighted by Gasteiger charge is 2.14. The smallest absolute Gasteiger partial charge is 0.313 e. The van der Waals surface area contributed by atoms with E-state index < -0.39 is 5.97 Å². The van der Waals surface area contributed by atoms with Gasteiger partial charge in [0.15, 0.2) is 5.16 Å². The van der Waals surface area contributed by atoms with E-state index in [-0.39, 0.29) is 5.75 Å². The molecule has 0 bridgehead atoms. The summed E-state index contributed by atoms with van der Waals surface area (Å²) in [5, 5.41) is 9.90. The number of imidazole rings is 1. The molecule has 0 fully saturated rings. The Hall–Kier alpha value is -1.66. The van der Waals surface area contributed by atoms with Crippen molar-refractivity contribution in [2.45, 2.75) is 12.1 Å². The van der Waals surface area contributed by atoms with Crippen LogP contribution in [0, 0.1) is 6.92 Å². The fourth-order valence-electron chi connectivity index (χ4n) is 1.73. The van der Waals surface area contributed by atoms with Gasteiger partial charge in [0, 0.05) is 18.0 Å². The lowest BCUT2D eigenvalue weighted by molar-refractivity contribution is -0.133. The van der Waals surface area contributed by atoms with E-state index in [4.69, 9.17) is 21.4 Å². The Morgan fingerprint density at radius 2 is 2.30 bits per heavy atom. The largest absolute Gasteiger partial charge is 0.497 e. The summed E-state index contributed by atoms with van der Waals surface area (Å²) in [5.74, 6) is -0.275. The Kier molecular flexibility index (Phi) is 4.57. The van der Waals surface area contributed by atoms with Gasteiger partial charge in [-0.05, 0) is 19.1 Å². The predicted molar refractivity (Wildman–Crippen MR) is 78.2 cm³/mol. The molecular weight excluding hydrogens is 300 g/mol. The molecule has 0 amide bonds. The van der Waals surface area contributed by atoms with Gasteiger partial charge in [0.2, 0.25) is 0 Å². The molecule has 2 aromatic rings. The number of rotatable bonds is 5.